The van der Waals surface area contributed by atoms with E-state index in [1.807, 2.05) is 25.1 Å². The first-order valence-corrected chi connectivity index (χ1v) is 8.86. The zero-order valence-electron chi connectivity index (χ0n) is 12.1. The van der Waals surface area contributed by atoms with Crippen molar-refractivity contribution in [1.82, 2.24) is 19.7 Å². The van der Waals surface area contributed by atoms with Gasteiger partial charge in [0, 0.05) is 16.6 Å². The van der Waals surface area contributed by atoms with Crippen molar-refractivity contribution < 1.29 is 4.79 Å². The van der Waals surface area contributed by atoms with Gasteiger partial charge in [0.2, 0.25) is 5.91 Å². The van der Waals surface area contributed by atoms with E-state index in [2.05, 4.69) is 20.5 Å². The van der Waals surface area contributed by atoms with Gasteiger partial charge < -0.3 is 5.32 Å². The van der Waals surface area contributed by atoms with Crippen LogP contribution in [0.15, 0.2) is 41.3 Å². The molecule has 0 aliphatic rings. The van der Waals surface area contributed by atoms with Gasteiger partial charge >= 0.3 is 0 Å². The second kappa shape index (κ2) is 7.12. The lowest BCUT2D eigenvalue weighted by Gasteiger charge is -2.07. The highest BCUT2D eigenvalue weighted by Crippen LogP contribution is 2.24. The van der Waals surface area contributed by atoms with Crippen LogP contribution >= 0.6 is 34.7 Å². The molecule has 1 amide bonds. The summed E-state index contributed by atoms with van der Waals surface area (Å²) in [6.07, 6.45) is 3.24. The highest BCUT2D eigenvalue weighted by atomic mass is 35.5. The number of carbonyl (C=O) groups excluding carboxylic acids is 1. The molecule has 0 saturated carbocycles. The molecule has 0 atom stereocenters. The van der Waals surface area contributed by atoms with Gasteiger partial charge in [0.15, 0.2) is 10.3 Å². The number of carbonyl (C=O) groups is 1. The Labute approximate surface area is 145 Å². The van der Waals surface area contributed by atoms with Crippen molar-refractivity contribution in [2.75, 3.05) is 11.1 Å². The summed E-state index contributed by atoms with van der Waals surface area (Å²) >= 11 is 8.84. The van der Waals surface area contributed by atoms with E-state index in [-0.39, 0.29) is 11.7 Å². The van der Waals surface area contributed by atoms with Crippen LogP contribution in [0.4, 0.5) is 5.13 Å². The number of thioether (sulfide) groups is 1. The number of rotatable bonds is 5. The van der Waals surface area contributed by atoms with Crippen LogP contribution in [0, 0.1) is 6.92 Å². The normalized spacial score (nSPS) is 10.7. The number of amides is 1. The SMILES string of the molecule is Cc1ccc(-n2cnnc2SCC(=O)Nc2nccs2)cc1Cl. The molecule has 0 fully saturated rings. The van der Waals surface area contributed by atoms with Crippen LogP contribution < -0.4 is 5.32 Å². The summed E-state index contributed by atoms with van der Waals surface area (Å²) in [5, 5.41) is 14.4. The summed E-state index contributed by atoms with van der Waals surface area (Å²) in [5.74, 6) is 0.0825. The van der Waals surface area contributed by atoms with Gasteiger partial charge in [-0.3, -0.25) is 9.36 Å². The average molecular weight is 366 g/mol. The Bertz CT molecular complexity index is 818. The molecular weight excluding hydrogens is 354 g/mol. The van der Waals surface area contributed by atoms with Crippen LogP contribution in [-0.4, -0.2) is 31.4 Å². The number of hydrogen-bond acceptors (Lipinski definition) is 6. The predicted octanol–water partition coefficient (Wildman–Crippen LogP) is 3.42. The van der Waals surface area contributed by atoms with Gasteiger partial charge in [-0.15, -0.1) is 21.5 Å². The van der Waals surface area contributed by atoms with Crippen molar-refractivity contribution in [2.45, 2.75) is 12.1 Å². The standard InChI is InChI=1S/C14H12ClN5OS2/c1-9-2-3-10(6-11(9)15)20-8-17-19-14(20)23-7-12(21)18-13-16-4-5-22-13/h2-6,8H,7H2,1H3,(H,16,18,21). The van der Waals surface area contributed by atoms with Gasteiger partial charge in [0.05, 0.1) is 11.4 Å². The number of benzene rings is 1. The fourth-order valence-electron chi connectivity index (χ4n) is 1.80. The van der Waals surface area contributed by atoms with Crippen molar-refractivity contribution in [3.8, 4) is 5.69 Å². The van der Waals surface area contributed by atoms with Gasteiger partial charge in [-0.2, -0.15) is 0 Å². The van der Waals surface area contributed by atoms with Gasteiger partial charge in [0.1, 0.15) is 6.33 Å². The fourth-order valence-corrected chi connectivity index (χ4v) is 3.25. The van der Waals surface area contributed by atoms with Crippen LogP contribution in [0.3, 0.4) is 0 Å². The quantitative estimate of drug-likeness (QED) is 0.701. The number of nitrogens with one attached hydrogen (secondary N) is 1. The molecule has 118 valence electrons. The van der Waals surface area contributed by atoms with E-state index in [1.54, 1.807) is 22.5 Å². The van der Waals surface area contributed by atoms with Gasteiger partial charge in [-0.05, 0) is 24.6 Å². The predicted molar refractivity (Wildman–Crippen MR) is 92.6 cm³/mol. The monoisotopic (exact) mass is 365 g/mol. The second-order valence-electron chi connectivity index (χ2n) is 4.59. The number of thiazole rings is 1. The minimum absolute atomic E-state index is 0.138. The molecule has 0 spiro atoms. The third-order valence-corrected chi connectivity index (χ3v) is 5.00. The molecule has 0 unspecified atom stereocenters. The third-order valence-electron chi connectivity index (χ3n) is 2.96. The Hall–Kier alpha value is -1.90. The summed E-state index contributed by atoms with van der Waals surface area (Å²) in [5.41, 5.74) is 1.86. The van der Waals surface area contributed by atoms with E-state index in [0.29, 0.717) is 15.3 Å². The molecule has 0 aliphatic heterocycles. The highest BCUT2D eigenvalue weighted by molar-refractivity contribution is 7.99. The minimum Gasteiger partial charge on any atom is -0.301 e. The van der Waals surface area contributed by atoms with Crippen molar-refractivity contribution in [3.63, 3.8) is 0 Å². The molecule has 0 radical (unpaired) electrons. The molecule has 0 aliphatic carbocycles. The zero-order valence-corrected chi connectivity index (χ0v) is 14.5. The molecule has 1 N–H and O–H groups in total. The average Bonchev–Trinajstić information content (AvgIpc) is 3.19. The highest BCUT2D eigenvalue weighted by Gasteiger charge is 2.11. The molecular formula is C14H12ClN5OS2. The maximum Gasteiger partial charge on any atom is 0.236 e. The van der Waals surface area contributed by atoms with Crippen molar-refractivity contribution >= 4 is 45.7 Å². The van der Waals surface area contributed by atoms with Crippen LogP contribution in [0.1, 0.15) is 5.56 Å². The van der Waals surface area contributed by atoms with Crippen LogP contribution in [0.5, 0.6) is 0 Å². The topological polar surface area (TPSA) is 72.7 Å². The Balaban J connectivity index is 1.68. The molecule has 2 aromatic heterocycles. The lowest BCUT2D eigenvalue weighted by atomic mass is 10.2. The summed E-state index contributed by atoms with van der Waals surface area (Å²) in [7, 11) is 0. The van der Waals surface area contributed by atoms with Gasteiger partial charge in [-0.1, -0.05) is 29.4 Å². The maximum atomic E-state index is 11.9. The van der Waals surface area contributed by atoms with Crippen molar-refractivity contribution in [1.29, 1.82) is 0 Å². The Morgan fingerprint density at radius 2 is 2.35 bits per heavy atom. The van der Waals surface area contributed by atoms with Crippen LogP contribution in [0.2, 0.25) is 5.02 Å². The maximum absolute atomic E-state index is 11.9. The Kier molecular flexibility index (Phi) is 4.94. The first-order chi connectivity index (χ1) is 11.1. The number of halogens is 1. The van der Waals surface area contributed by atoms with Gasteiger partial charge in [0.25, 0.3) is 0 Å². The lowest BCUT2D eigenvalue weighted by molar-refractivity contribution is -0.113. The largest absolute Gasteiger partial charge is 0.301 e. The first kappa shape index (κ1) is 16.0. The van der Waals surface area contributed by atoms with E-state index >= 15 is 0 Å². The number of anilines is 1. The minimum atomic E-state index is -0.138. The number of hydrogen-bond donors (Lipinski definition) is 1. The summed E-state index contributed by atoms with van der Waals surface area (Å²) < 4.78 is 1.80. The first-order valence-electron chi connectivity index (χ1n) is 6.62. The van der Waals surface area contributed by atoms with E-state index in [0.717, 1.165) is 11.3 Å². The zero-order chi connectivity index (χ0) is 16.2. The van der Waals surface area contributed by atoms with Crippen LogP contribution in [0.25, 0.3) is 5.69 Å². The summed E-state index contributed by atoms with van der Waals surface area (Å²) in [6, 6.07) is 5.71. The summed E-state index contributed by atoms with van der Waals surface area (Å²) in [4.78, 5) is 15.9. The molecule has 0 bridgehead atoms. The molecule has 9 heteroatoms. The van der Waals surface area contributed by atoms with Crippen molar-refractivity contribution in [3.05, 3.63) is 46.7 Å². The summed E-state index contributed by atoms with van der Waals surface area (Å²) in [6.45, 7) is 1.94. The molecule has 23 heavy (non-hydrogen) atoms. The molecule has 1 aromatic carbocycles. The third kappa shape index (κ3) is 3.90. The molecule has 3 aromatic rings. The Morgan fingerprint density at radius 1 is 1.48 bits per heavy atom. The molecule has 3 rings (SSSR count). The van der Waals surface area contributed by atoms with E-state index < -0.39 is 0 Å². The van der Waals surface area contributed by atoms with Gasteiger partial charge in [-0.25, -0.2) is 4.98 Å². The number of aryl methyl sites for hydroxylation is 1. The lowest BCUT2D eigenvalue weighted by Crippen LogP contribution is -2.14. The van der Waals surface area contributed by atoms with E-state index in [4.69, 9.17) is 11.6 Å². The second-order valence-corrected chi connectivity index (χ2v) is 6.84. The van der Waals surface area contributed by atoms with E-state index in [1.165, 1.54) is 23.1 Å². The Morgan fingerprint density at radius 3 is 3.09 bits per heavy atom. The number of aromatic nitrogens is 4. The smallest absolute Gasteiger partial charge is 0.236 e. The van der Waals surface area contributed by atoms with E-state index in [9.17, 15) is 4.79 Å². The number of nitrogens with zero attached hydrogens (tertiary/aromatic N) is 4. The molecule has 2 heterocycles. The van der Waals surface area contributed by atoms with Crippen LogP contribution in [-0.2, 0) is 4.79 Å². The molecule has 0 saturated heterocycles. The molecule has 6 nitrogen and oxygen atoms in total. The fraction of sp³-hybridized carbons (Fsp3) is 0.143. The van der Waals surface area contributed by atoms with Crippen molar-refractivity contribution in [2.24, 2.45) is 0 Å².